The molecule has 2 aliphatic rings. The van der Waals surface area contributed by atoms with E-state index >= 15 is 0 Å². The normalized spacial score (nSPS) is 15.5. The van der Waals surface area contributed by atoms with Gasteiger partial charge in [-0.05, 0) is 82.2 Å². The highest BCUT2D eigenvalue weighted by Crippen LogP contribution is 2.31. The summed E-state index contributed by atoms with van der Waals surface area (Å²) >= 11 is 1.51. The van der Waals surface area contributed by atoms with E-state index in [-0.39, 0.29) is 6.10 Å². The van der Waals surface area contributed by atoms with Crippen LogP contribution < -0.4 is 10.1 Å². The Kier molecular flexibility index (Phi) is 10.6. The molecule has 0 saturated heterocycles. The van der Waals surface area contributed by atoms with Crippen LogP contribution in [0.2, 0.25) is 0 Å². The lowest BCUT2D eigenvalue weighted by molar-refractivity contribution is 0.242. The van der Waals surface area contributed by atoms with Crippen molar-refractivity contribution < 1.29 is 9.84 Å². The predicted octanol–water partition coefficient (Wildman–Crippen LogP) is 6.15. The molecule has 0 amide bonds. The Labute approximate surface area is 218 Å². The van der Waals surface area contributed by atoms with Crippen LogP contribution in [0.4, 0.5) is 0 Å². The Balaban J connectivity index is 0.000000189. The van der Waals surface area contributed by atoms with Gasteiger partial charge in [0.1, 0.15) is 21.8 Å². The van der Waals surface area contributed by atoms with Crippen molar-refractivity contribution in [2.24, 2.45) is 0 Å². The first-order valence-electron chi connectivity index (χ1n) is 12.5. The monoisotopic (exact) mass is 504 g/mol. The maximum absolute atomic E-state index is 9.15. The van der Waals surface area contributed by atoms with Crippen molar-refractivity contribution in [2.75, 3.05) is 13.7 Å². The van der Waals surface area contributed by atoms with Gasteiger partial charge in [0.2, 0.25) is 0 Å². The van der Waals surface area contributed by atoms with E-state index in [0.29, 0.717) is 17.4 Å². The Bertz CT molecular complexity index is 1190. The molecule has 7 heteroatoms. The topological polar surface area (TPSA) is 91.1 Å². The number of benzene rings is 2. The SMILES string of the molecule is C(CNC1CCc2ccccc21)=C1CCC1.CO.Cc1nnc(-c2ccc(OC(C)C)c(C#N)c2)s1. The van der Waals surface area contributed by atoms with Crippen LogP contribution >= 0.6 is 11.3 Å². The predicted molar refractivity (Wildman–Crippen MR) is 146 cm³/mol. The average Bonchev–Trinajstić information content (AvgIpc) is 3.48. The quantitative estimate of drug-likeness (QED) is 0.391. The van der Waals surface area contributed by atoms with E-state index in [0.717, 1.165) is 29.2 Å². The van der Waals surface area contributed by atoms with Gasteiger partial charge in [0.05, 0.1) is 11.7 Å². The van der Waals surface area contributed by atoms with Crippen LogP contribution in [0, 0.1) is 18.3 Å². The number of fused-ring (bicyclic) bond motifs is 1. The molecule has 0 bridgehead atoms. The molecule has 0 aliphatic heterocycles. The largest absolute Gasteiger partial charge is 0.490 e. The lowest BCUT2D eigenvalue weighted by atomic mass is 9.92. The summed E-state index contributed by atoms with van der Waals surface area (Å²) in [4.78, 5) is 0. The maximum atomic E-state index is 9.15. The molecule has 1 fully saturated rings. The van der Waals surface area contributed by atoms with Crippen LogP contribution in [-0.2, 0) is 6.42 Å². The van der Waals surface area contributed by atoms with Crippen LogP contribution in [0.5, 0.6) is 5.75 Å². The molecule has 2 aromatic carbocycles. The number of nitrogens with one attached hydrogen (secondary N) is 1. The van der Waals surface area contributed by atoms with E-state index in [1.165, 1.54) is 54.6 Å². The average molecular weight is 505 g/mol. The number of aromatic nitrogens is 2. The van der Waals surface area contributed by atoms with Crippen molar-refractivity contribution in [3.63, 3.8) is 0 Å². The number of aliphatic hydroxyl groups excluding tert-OH is 1. The number of hydrogen-bond acceptors (Lipinski definition) is 7. The minimum absolute atomic E-state index is 0.0479. The molecular weight excluding hydrogens is 468 g/mol. The van der Waals surface area contributed by atoms with Gasteiger partial charge in [0.25, 0.3) is 0 Å². The first kappa shape index (κ1) is 27.5. The molecule has 0 radical (unpaired) electrons. The molecule has 2 aliphatic carbocycles. The minimum atomic E-state index is 0.0479. The fourth-order valence-corrected chi connectivity index (χ4v) is 4.91. The number of hydrogen-bond donors (Lipinski definition) is 2. The molecule has 1 aromatic heterocycles. The number of nitrogens with zero attached hydrogens (tertiary/aromatic N) is 3. The molecule has 1 unspecified atom stereocenters. The van der Waals surface area contributed by atoms with Crippen molar-refractivity contribution in [2.45, 2.75) is 65.0 Å². The zero-order valence-corrected chi connectivity index (χ0v) is 22.4. The van der Waals surface area contributed by atoms with Gasteiger partial charge in [-0.2, -0.15) is 5.26 Å². The molecule has 1 heterocycles. The van der Waals surface area contributed by atoms with E-state index in [9.17, 15) is 0 Å². The van der Waals surface area contributed by atoms with Gasteiger partial charge < -0.3 is 15.2 Å². The third-order valence-corrected chi connectivity index (χ3v) is 7.01. The molecule has 36 heavy (non-hydrogen) atoms. The molecule has 6 nitrogen and oxygen atoms in total. The van der Waals surface area contributed by atoms with E-state index in [1.54, 1.807) is 11.6 Å². The second kappa shape index (κ2) is 13.9. The zero-order valence-electron chi connectivity index (χ0n) is 21.6. The lowest BCUT2D eigenvalue weighted by Crippen LogP contribution is -2.19. The summed E-state index contributed by atoms with van der Waals surface area (Å²) < 4.78 is 5.58. The second-order valence-corrected chi connectivity index (χ2v) is 10.2. The van der Waals surface area contributed by atoms with Crippen LogP contribution in [-0.4, -0.2) is 35.1 Å². The van der Waals surface area contributed by atoms with Crippen LogP contribution in [0.1, 0.15) is 67.3 Å². The number of aliphatic hydroxyl groups is 1. The van der Waals surface area contributed by atoms with Gasteiger partial charge in [-0.1, -0.05) is 47.3 Å². The summed E-state index contributed by atoms with van der Waals surface area (Å²) in [6.45, 7) is 6.82. The van der Waals surface area contributed by atoms with Crippen LogP contribution in [0.15, 0.2) is 54.1 Å². The molecule has 0 spiro atoms. The summed E-state index contributed by atoms with van der Waals surface area (Å²) in [6.07, 6.45) is 9.02. The molecule has 5 rings (SSSR count). The summed E-state index contributed by atoms with van der Waals surface area (Å²) in [5, 5.41) is 29.6. The summed E-state index contributed by atoms with van der Waals surface area (Å²) in [6, 6.07) is 17.1. The van der Waals surface area contributed by atoms with E-state index in [4.69, 9.17) is 15.1 Å². The van der Waals surface area contributed by atoms with Gasteiger partial charge >= 0.3 is 0 Å². The molecule has 2 N–H and O–H groups in total. The van der Waals surface area contributed by atoms with Gasteiger partial charge in [-0.3, -0.25) is 0 Å². The minimum Gasteiger partial charge on any atom is -0.490 e. The number of nitriles is 1. The van der Waals surface area contributed by atoms with Crippen molar-refractivity contribution in [1.29, 1.82) is 5.26 Å². The van der Waals surface area contributed by atoms with Crippen LogP contribution in [0.25, 0.3) is 10.6 Å². The Hall–Kier alpha value is -3.05. The summed E-state index contributed by atoms with van der Waals surface area (Å²) in [5.41, 5.74) is 6.13. The van der Waals surface area contributed by atoms with Gasteiger partial charge in [0, 0.05) is 25.3 Å². The number of aryl methyl sites for hydroxylation is 2. The third kappa shape index (κ3) is 7.47. The van der Waals surface area contributed by atoms with Gasteiger partial charge in [-0.15, -0.1) is 10.2 Å². The number of allylic oxidation sites excluding steroid dienone is 1. The van der Waals surface area contributed by atoms with E-state index in [2.05, 4.69) is 51.9 Å². The standard InChI is InChI=1S/C15H19N.C13H13N3OS.CH4O/c1-2-7-14-13(6-1)8-9-15(14)16-11-10-12-4-3-5-12;1-8(2)17-12-5-4-10(6-11(12)7-14)13-16-15-9(3)18-13;1-2/h1-2,6-7,10,15-16H,3-5,8-9,11H2;4-6,8H,1-3H3;2H,1H3. The number of rotatable bonds is 6. The van der Waals surface area contributed by atoms with E-state index < -0.39 is 0 Å². The molecule has 190 valence electrons. The maximum Gasteiger partial charge on any atom is 0.147 e. The first-order valence-corrected chi connectivity index (χ1v) is 13.3. The molecular formula is C29H36N4O2S. The highest BCUT2D eigenvalue weighted by molar-refractivity contribution is 7.14. The van der Waals surface area contributed by atoms with Gasteiger partial charge in [0.15, 0.2) is 0 Å². The van der Waals surface area contributed by atoms with Gasteiger partial charge in [-0.25, -0.2) is 0 Å². The highest BCUT2D eigenvalue weighted by atomic mass is 32.1. The Morgan fingerprint density at radius 3 is 2.58 bits per heavy atom. The molecule has 1 saturated carbocycles. The summed E-state index contributed by atoms with van der Waals surface area (Å²) in [5.74, 6) is 0.609. The van der Waals surface area contributed by atoms with Crippen molar-refractivity contribution in [3.05, 3.63) is 75.8 Å². The lowest BCUT2D eigenvalue weighted by Gasteiger charge is -2.17. The zero-order chi connectivity index (χ0) is 25.9. The van der Waals surface area contributed by atoms with Crippen molar-refractivity contribution in [3.8, 4) is 22.4 Å². The fraction of sp³-hybridized carbons (Fsp3) is 0.414. The highest BCUT2D eigenvalue weighted by Gasteiger charge is 2.20. The van der Waals surface area contributed by atoms with Crippen LogP contribution in [0.3, 0.4) is 0 Å². The molecule has 1 atom stereocenters. The number of ether oxygens (including phenoxy) is 1. The third-order valence-electron chi connectivity index (χ3n) is 6.12. The second-order valence-electron chi connectivity index (χ2n) is 9.03. The van der Waals surface area contributed by atoms with E-state index in [1.807, 2.05) is 32.9 Å². The van der Waals surface area contributed by atoms with Crippen molar-refractivity contribution >= 4 is 11.3 Å². The fourth-order valence-electron chi connectivity index (χ4n) is 4.22. The Morgan fingerprint density at radius 2 is 1.94 bits per heavy atom. The Morgan fingerprint density at radius 1 is 1.17 bits per heavy atom. The van der Waals surface area contributed by atoms with Crippen molar-refractivity contribution in [1.82, 2.24) is 15.5 Å². The smallest absolute Gasteiger partial charge is 0.147 e. The molecule has 3 aromatic rings. The first-order chi connectivity index (χ1) is 17.5. The summed E-state index contributed by atoms with van der Waals surface area (Å²) in [7, 11) is 1.00.